The molecule has 240 valence electrons. The summed E-state index contributed by atoms with van der Waals surface area (Å²) in [6.45, 7) is 0. The van der Waals surface area contributed by atoms with Crippen LogP contribution in [0.1, 0.15) is 0 Å². The third kappa shape index (κ3) is 4.20. The van der Waals surface area contributed by atoms with Crippen LogP contribution in [-0.2, 0) is 0 Å². The van der Waals surface area contributed by atoms with E-state index in [1.54, 1.807) is 0 Å². The van der Waals surface area contributed by atoms with Crippen LogP contribution in [0.3, 0.4) is 0 Å². The smallest absolute Gasteiger partial charge is 0.0794 e. The van der Waals surface area contributed by atoms with Crippen molar-refractivity contribution in [3.63, 3.8) is 0 Å². The molecule has 0 atom stereocenters. The number of para-hydroxylation sites is 1. The van der Waals surface area contributed by atoms with Crippen molar-refractivity contribution in [2.45, 2.75) is 0 Å². The van der Waals surface area contributed by atoms with Gasteiger partial charge in [-0.25, -0.2) is 4.98 Å². The number of benzene rings is 10. The molecule has 1 heteroatoms. The van der Waals surface area contributed by atoms with Gasteiger partial charge in [-0.3, -0.25) is 0 Å². The molecule has 10 aromatic carbocycles. The van der Waals surface area contributed by atoms with Crippen molar-refractivity contribution in [3.8, 4) is 33.5 Å². The Morgan fingerprint density at radius 3 is 1.35 bits per heavy atom. The summed E-state index contributed by atoms with van der Waals surface area (Å²) < 4.78 is 0. The molecule has 11 rings (SSSR count). The van der Waals surface area contributed by atoms with Crippen molar-refractivity contribution in [1.29, 1.82) is 0 Å². The van der Waals surface area contributed by atoms with Crippen LogP contribution >= 0.6 is 0 Å². The summed E-state index contributed by atoms with van der Waals surface area (Å²) in [6.07, 6.45) is 0. The van der Waals surface area contributed by atoms with E-state index in [9.17, 15) is 0 Å². The zero-order valence-corrected chi connectivity index (χ0v) is 28.3. The largest absolute Gasteiger partial charge is 0.247 e. The average molecular weight is 658 g/mol. The highest BCUT2D eigenvalue weighted by Crippen LogP contribution is 2.46. The molecule has 0 saturated carbocycles. The molecule has 0 N–H and O–H groups in total. The van der Waals surface area contributed by atoms with Crippen molar-refractivity contribution >= 4 is 75.5 Å². The van der Waals surface area contributed by atoms with Crippen LogP contribution < -0.4 is 0 Å². The molecule has 1 heterocycles. The Hall–Kier alpha value is -6.83. The second-order valence-electron chi connectivity index (χ2n) is 13.8. The van der Waals surface area contributed by atoms with Gasteiger partial charge in [0.2, 0.25) is 0 Å². The van der Waals surface area contributed by atoms with Crippen LogP contribution in [0.15, 0.2) is 188 Å². The Kier molecular flexibility index (Phi) is 6.32. The SMILES string of the molecule is c1ccc2c(-c3c4ccccc4c(-c4ccc(-c5nc6ccccc6c6c7ccccc7c7ccccc7c56)cc4)c4ccccc34)cccc2c1. The second kappa shape index (κ2) is 11.3. The molecule has 1 aromatic heterocycles. The van der Waals surface area contributed by atoms with E-state index in [0.29, 0.717) is 0 Å². The topological polar surface area (TPSA) is 12.9 Å². The van der Waals surface area contributed by atoms with Crippen molar-refractivity contribution in [1.82, 2.24) is 4.98 Å². The predicted octanol–water partition coefficient (Wildman–Crippen LogP) is 14.2. The molecule has 0 unspecified atom stereocenters. The van der Waals surface area contributed by atoms with E-state index in [2.05, 4.69) is 188 Å². The highest BCUT2D eigenvalue weighted by Gasteiger charge is 2.20. The minimum atomic E-state index is 1.01. The molecular formula is C51H31N. The molecule has 0 aliphatic carbocycles. The van der Waals surface area contributed by atoms with Gasteiger partial charge in [0.1, 0.15) is 0 Å². The second-order valence-corrected chi connectivity index (χ2v) is 13.8. The van der Waals surface area contributed by atoms with Crippen LogP contribution in [0.2, 0.25) is 0 Å². The lowest BCUT2D eigenvalue weighted by molar-refractivity contribution is 1.43. The first-order chi connectivity index (χ1) is 25.8. The van der Waals surface area contributed by atoms with Crippen LogP contribution in [0, 0.1) is 0 Å². The standard InChI is InChI=1S/C51H31N/c1-2-16-35-32(14-1)15-13-26-38(35)48-43-23-9-7-21-41(43)47(42-22-8-10-24-44(42)48)33-28-30-34(31-29-33)51-50-40-20-6-4-18-37(40)36-17-3-5-19-39(36)49(50)45-25-11-12-27-46(45)52-51/h1-31H. The monoisotopic (exact) mass is 657 g/mol. The molecule has 52 heavy (non-hydrogen) atoms. The summed E-state index contributed by atoms with van der Waals surface area (Å²) in [5.74, 6) is 0. The van der Waals surface area contributed by atoms with Crippen LogP contribution in [0.5, 0.6) is 0 Å². The van der Waals surface area contributed by atoms with Crippen molar-refractivity contribution in [3.05, 3.63) is 188 Å². The number of pyridine rings is 1. The first-order valence-corrected chi connectivity index (χ1v) is 18.0. The lowest BCUT2D eigenvalue weighted by Crippen LogP contribution is -1.94. The number of fused-ring (bicyclic) bond motifs is 11. The zero-order chi connectivity index (χ0) is 34.2. The van der Waals surface area contributed by atoms with Gasteiger partial charge in [0.05, 0.1) is 11.2 Å². The van der Waals surface area contributed by atoms with Crippen molar-refractivity contribution in [2.75, 3.05) is 0 Å². The fraction of sp³-hybridized carbons (Fsp3) is 0. The number of rotatable bonds is 3. The molecule has 11 aromatic rings. The molecule has 0 fully saturated rings. The van der Waals surface area contributed by atoms with Crippen LogP contribution in [0.4, 0.5) is 0 Å². The number of nitrogens with zero attached hydrogens (tertiary/aromatic N) is 1. The number of aromatic nitrogens is 1. The normalized spacial score (nSPS) is 11.8. The number of hydrogen-bond acceptors (Lipinski definition) is 1. The van der Waals surface area contributed by atoms with E-state index in [1.165, 1.54) is 92.3 Å². The maximum absolute atomic E-state index is 5.40. The van der Waals surface area contributed by atoms with Gasteiger partial charge in [-0.05, 0) is 82.2 Å². The first-order valence-electron chi connectivity index (χ1n) is 18.0. The molecule has 0 aliphatic heterocycles. The summed E-state index contributed by atoms with van der Waals surface area (Å²) >= 11 is 0. The van der Waals surface area contributed by atoms with E-state index in [1.807, 2.05) is 0 Å². The maximum atomic E-state index is 5.40. The highest BCUT2D eigenvalue weighted by molar-refractivity contribution is 6.33. The molecule has 0 amide bonds. The Balaban J connectivity index is 1.18. The summed E-state index contributed by atoms with van der Waals surface area (Å²) in [6, 6.07) is 68.6. The van der Waals surface area contributed by atoms with Gasteiger partial charge >= 0.3 is 0 Å². The predicted molar refractivity (Wildman–Crippen MR) is 223 cm³/mol. The third-order valence-electron chi connectivity index (χ3n) is 11.0. The average Bonchev–Trinajstić information content (AvgIpc) is 3.22. The van der Waals surface area contributed by atoms with E-state index in [4.69, 9.17) is 4.98 Å². The van der Waals surface area contributed by atoms with Crippen LogP contribution in [0.25, 0.3) is 109 Å². The van der Waals surface area contributed by atoms with Gasteiger partial charge in [-0.2, -0.15) is 0 Å². The fourth-order valence-corrected chi connectivity index (χ4v) is 8.80. The molecule has 0 aliphatic rings. The summed E-state index contributed by atoms with van der Waals surface area (Å²) in [4.78, 5) is 5.40. The lowest BCUT2D eigenvalue weighted by atomic mass is 9.84. The highest BCUT2D eigenvalue weighted by atomic mass is 14.7. The van der Waals surface area contributed by atoms with E-state index >= 15 is 0 Å². The third-order valence-corrected chi connectivity index (χ3v) is 11.0. The molecular weight excluding hydrogens is 627 g/mol. The van der Waals surface area contributed by atoms with Gasteiger partial charge in [0.15, 0.2) is 0 Å². The molecule has 0 radical (unpaired) electrons. The summed E-state index contributed by atoms with van der Waals surface area (Å²) in [5, 5.41) is 16.2. The minimum Gasteiger partial charge on any atom is -0.247 e. The van der Waals surface area contributed by atoms with Gasteiger partial charge < -0.3 is 0 Å². The van der Waals surface area contributed by atoms with E-state index in [0.717, 1.165) is 16.8 Å². The molecule has 0 saturated heterocycles. The van der Waals surface area contributed by atoms with Gasteiger partial charge in [0, 0.05) is 21.7 Å². The fourth-order valence-electron chi connectivity index (χ4n) is 8.80. The molecule has 1 nitrogen and oxygen atoms in total. The number of hydrogen-bond donors (Lipinski definition) is 0. The first kappa shape index (κ1) is 29.0. The lowest BCUT2D eigenvalue weighted by Gasteiger charge is -2.19. The Labute approximate surface area is 301 Å². The maximum Gasteiger partial charge on any atom is 0.0794 e. The van der Waals surface area contributed by atoms with Crippen LogP contribution in [-0.4, -0.2) is 4.98 Å². The molecule has 0 spiro atoms. The van der Waals surface area contributed by atoms with Gasteiger partial charge in [-0.15, -0.1) is 0 Å². The Bertz CT molecular complexity index is 3160. The van der Waals surface area contributed by atoms with E-state index in [-0.39, 0.29) is 0 Å². The zero-order valence-electron chi connectivity index (χ0n) is 28.3. The van der Waals surface area contributed by atoms with Gasteiger partial charge in [-0.1, -0.05) is 182 Å². The molecule has 0 bridgehead atoms. The Morgan fingerprint density at radius 1 is 0.269 bits per heavy atom. The summed E-state index contributed by atoms with van der Waals surface area (Å²) in [7, 11) is 0. The quantitative estimate of drug-likeness (QED) is 0.136. The van der Waals surface area contributed by atoms with Gasteiger partial charge in [0.25, 0.3) is 0 Å². The van der Waals surface area contributed by atoms with Crippen molar-refractivity contribution in [2.24, 2.45) is 0 Å². The summed E-state index contributed by atoms with van der Waals surface area (Å²) in [5.41, 5.74) is 8.14. The van der Waals surface area contributed by atoms with E-state index < -0.39 is 0 Å². The van der Waals surface area contributed by atoms with Crippen molar-refractivity contribution < 1.29 is 0 Å². The Morgan fingerprint density at radius 2 is 0.712 bits per heavy atom. The minimum absolute atomic E-state index is 1.01.